The summed E-state index contributed by atoms with van der Waals surface area (Å²) in [5, 5.41) is 0. The molecule has 1 aliphatic rings. The molecule has 2 aromatic rings. The molecule has 1 aliphatic heterocycles. The standard InChI is InChI=1S/C13H14N4O3S/c1-8-15-9(4-12(18)16-8)10-6-17(2-3-20-10)13(19)11-5-14-7-21-11/h4-5,7,10H,2-3,6H2,1H3,(H,15,16,18). The van der Waals surface area contributed by atoms with E-state index >= 15 is 0 Å². The molecule has 0 aromatic carbocycles. The number of nitrogens with one attached hydrogen (secondary N) is 1. The molecular formula is C13H14N4O3S. The van der Waals surface area contributed by atoms with Crippen molar-refractivity contribution in [3.8, 4) is 0 Å². The Kier molecular flexibility index (Phi) is 3.80. The van der Waals surface area contributed by atoms with Crippen LogP contribution >= 0.6 is 11.3 Å². The molecule has 1 fully saturated rings. The molecule has 3 rings (SSSR count). The maximum atomic E-state index is 12.3. The summed E-state index contributed by atoms with van der Waals surface area (Å²) in [5.74, 6) is 0.472. The summed E-state index contributed by atoms with van der Waals surface area (Å²) in [4.78, 5) is 37.0. The van der Waals surface area contributed by atoms with E-state index in [-0.39, 0.29) is 17.6 Å². The van der Waals surface area contributed by atoms with Gasteiger partial charge >= 0.3 is 0 Å². The van der Waals surface area contributed by atoms with E-state index in [0.717, 1.165) is 0 Å². The van der Waals surface area contributed by atoms with Crippen LogP contribution in [0.4, 0.5) is 0 Å². The molecule has 0 saturated carbocycles. The van der Waals surface area contributed by atoms with Crippen molar-refractivity contribution in [1.29, 1.82) is 0 Å². The van der Waals surface area contributed by atoms with E-state index in [1.807, 2.05) is 0 Å². The van der Waals surface area contributed by atoms with Crippen molar-refractivity contribution in [2.24, 2.45) is 0 Å². The fraction of sp³-hybridized carbons (Fsp3) is 0.385. The molecular weight excluding hydrogens is 292 g/mol. The van der Waals surface area contributed by atoms with Crippen molar-refractivity contribution in [2.45, 2.75) is 13.0 Å². The van der Waals surface area contributed by atoms with Gasteiger partial charge in [-0.1, -0.05) is 0 Å². The minimum Gasteiger partial charge on any atom is -0.368 e. The Bertz CT molecular complexity index is 698. The van der Waals surface area contributed by atoms with E-state index in [2.05, 4.69) is 15.0 Å². The highest BCUT2D eigenvalue weighted by Crippen LogP contribution is 2.21. The van der Waals surface area contributed by atoms with Gasteiger partial charge in [0.25, 0.3) is 11.5 Å². The number of carbonyl (C=O) groups excluding carboxylic acids is 1. The summed E-state index contributed by atoms with van der Waals surface area (Å²) < 4.78 is 5.65. The van der Waals surface area contributed by atoms with Crippen LogP contribution in [-0.2, 0) is 4.74 Å². The van der Waals surface area contributed by atoms with Crippen LogP contribution < -0.4 is 5.56 Å². The Morgan fingerprint density at radius 2 is 2.43 bits per heavy atom. The highest BCUT2D eigenvalue weighted by atomic mass is 32.1. The van der Waals surface area contributed by atoms with E-state index in [9.17, 15) is 9.59 Å². The molecule has 7 nitrogen and oxygen atoms in total. The van der Waals surface area contributed by atoms with Gasteiger partial charge < -0.3 is 14.6 Å². The summed E-state index contributed by atoms with van der Waals surface area (Å²) in [6.07, 6.45) is 1.18. The van der Waals surface area contributed by atoms with Gasteiger partial charge in [0.15, 0.2) is 0 Å². The minimum absolute atomic E-state index is 0.0626. The fourth-order valence-corrected chi connectivity index (χ4v) is 2.84. The molecule has 0 spiro atoms. The third-order valence-electron chi connectivity index (χ3n) is 3.21. The number of ether oxygens (including phenoxy) is 1. The van der Waals surface area contributed by atoms with Gasteiger partial charge in [-0.15, -0.1) is 11.3 Å². The predicted octanol–water partition coefficient (Wildman–Crippen LogP) is 0.749. The van der Waals surface area contributed by atoms with E-state index in [1.54, 1.807) is 23.5 Å². The minimum atomic E-state index is -0.378. The number of H-pyrrole nitrogens is 1. The first-order chi connectivity index (χ1) is 10.1. The van der Waals surface area contributed by atoms with Gasteiger partial charge in [-0.2, -0.15) is 0 Å². The Morgan fingerprint density at radius 3 is 3.14 bits per heavy atom. The smallest absolute Gasteiger partial charge is 0.265 e. The lowest BCUT2D eigenvalue weighted by Crippen LogP contribution is -2.42. The molecule has 1 N–H and O–H groups in total. The number of hydrogen-bond donors (Lipinski definition) is 1. The normalized spacial score (nSPS) is 18.7. The van der Waals surface area contributed by atoms with Gasteiger partial charge in [-0.3, -0.25) is 14.6 Å². The van der Waals surface area contributed by atoms with Crippen molar-refractivity contribution in [1.82, 2.24) is 19.9 Å². The molecule has 0 radical (unpaired) electrons. The van der Waals surface area contributed by atoms with E-state index in [4.69, 9.17) is 4.74 Å². The average Bonchev–Trinajstić information content (AvgIpc) is 3.00. The summed E-state index contributed by atoms with van der Waals surface area (Å²) in [6.45, 7) is 3.04. The Morgan fingerprint density at radius 1 is 1.57 bits per heavy atom. The zero-order chi connectivity index (χ0) is 14.8. The van der Waals surface area contributed by atoms with Crippen LogP contribution in [0.25, 0.3) is 0 Å². The summed E-state index contributed by atoms with van der Waals surface area (Å²) in [6, 6.07) is 1.42. The number of rotatable bonds is 2. The maximum absolute atomic E-state index is 12.3. The highest BCUT2D eigenvalue weighted by Gasteiger charge is 2.27. The van der Waals surface area contributed by atoms with Gasteiger partial charge in [0.1, 0.15) is 16.8 Å². The highest BCUT2D eigenvalue weighted by molar-refractivity contribution is 7.11. The molecule has 0 bridgehead atoms. The predicted molar refractivity (Wildman–Crippen MR) is 76.3 cm³/mol. The lowest BCUT2D eigenvalue weighted by Gasteiger charge is -2.32. The van der Waals surface area contributed by atoms with Crippen LogP contribution in [0.5, 0.6) is 0 Å². The van der Waals surface area contributed by atoms with Crippen molar-refractivity contribution in [3.63, 3.8) is 0 Å². The summed E-state index contributed by atoms with van der Waals surface area (Å²) in [5.41, 5.74) is 1.97. The quantitative estimate of drug-likeness (QED) is 0.884. The van der Waals surface area contributed by atoms with Crippen LogP contribution in [-0.4, -0.2) is 45.5 Å². The number of hydrogen-bond acceptors (Lipinski definition) is 6. The second-order valence-electron chi connectivity index (χ2n) is 4.73. The Hall–Kier alpha value is -2.06. The molecule has 2 aromatic heterocycles. The maximum Gasteiger partial charge on any atom is 0.265 e. The molecule has 1 amide bonds. The second kappa shape index (κ2) is 5.74. The molecule has 110 valence electrons. The average molecular weight is 306 g/mol. The van der Waals surface area contributed by atoms with Crippen LogP contribution in [0, 0.1) is 6.92 Å². The van der Waals surface area contributed by atoms with Gasteiger partial charge in [0, 0.05) is 12.6 Å². The number of nitrogens with zero attached hydrogens (tertiary/aromatic N) is 3. The van der Waals surface area contributed by atoms with Crippen LogP contribution in [0.3, 0.4) is 0 Å². The first-order valence-electron chi connectivity index (χ1n) is 6.51. The number of aromatic amines is 1. The van der Waals surface area contributed by atoms with Crippen LogP contribution in [0.1, 0.15) is 27.3 Å². The zero-order valence-electron chi connectivity index (χ0n) is 11.4. The lowest BCUT2D eigenvalue weighted by atomic mass is 10.2. The van der Waals surface area contributed by atoms with Crippen molar-refractivity contribution < 1.29 is 9.53 Å². The Balaban J connectivity index is 1.79. The number of thiazole rings is 1. The van der Waals surface area contributed by atoms with E-state index < -0.39 is 0 Å². The summed E-state index contributed by atoms with van der Waals surface area (Å²) >= 11 is 1.31. The topological polar surface area (TPSA) is 88.2 Å². The van der Waals surface area contributed by atoms with Gasteiger partial charge in [0.2, 0.25) is 0 Å². The van der Waals surface area contributed by atoms with Gasteiger partial charge in [0.05, 0.1) is 30.6 Å². The third-order valence-corrected chi connectivity index (χ3v) is 3.97. The number of carbonyl (C=O) groups is 1. The number of aromatic nitrogens is 3. The number of morpholine rings is 1. The largest absolute Gasteiger partial charge is 0.368 e. The third kappa shape index (κ3) is 3.01. The lowest BCUT2D eigenvalue weighted by molar-refractivity contribution is -0.0247. The molecule has 0 aliphatic carbocycles. The number of amides is 1. The fourth-order valence-electron chi connectivity index (χ4n) is 2.26. The summed E-state index contributed by atoms with van der Waals surface area (Å²) in [7, 11) is 0. The van der Waals surface area contributed by atoms with Gasteiger partial charge in [-0.05, 0) is 6.92 Å². The zero-order valence-corrected chi connectivity index (χ0v) is 12.2. The van der Waals surface area contributed by atoms with E-state index in [1.165, 1.54) is 17.4 Å². The van der Waals surface area contributed by atoms with Gasteiger partial charge in [-0.25, -0.2) is 4.98 Å². The SMILES string of the molecule is Cc1nc(C2CN(C(=O)c3cncs3)CCO2)cc(=O)[nH]1. The molecule has 1 atom stereocenters. The monoisotopic (exact) mass is 306 g/mol. The van der Waals surface area contributed by atoms with Crippen molar-refractivity contribution in [2.75, 3.05) is 19.7 Å². The second-order valence-corrected chi connectivity index (χ2v) is 5.62. The molecule has 8 heteroatoms. The van der Waals surface area contributed by atoms with Crippen LogP contribution in [0.2, 0.25) is 0 Å². The van der Waals surface area contributed by atoms with Crippen molar-refractivity contribution in [3.05, 3.63) is 44.5 Å². The number of aryl methyl sites for hydroxylation is 1. The van der Waals surface area contributed by atoms with Crippen LogP contribution in [0.15, 0.2) is 22.6 Å². The first kappa shape index (κ1) is 13.9. The molecule has 1 unspecified atom stereocenters. The van der Waals surface area contributed by atoms with Crippen molar-refractivity contribution >= 4 is 17.2 Å². The molecule has 3 heterocycles. The van der Waals surface area contributed by atoms with E-state index in [0.29, 0.717) is 36.1 Å². The molecule has 1 saturated heterocycles. The molecule has 21 heavy (non-hydrogen) atoms. The Labute approximate surface area is 124 Å². The first-order valence-corrected chi connectivity index (χ1v) is 7.38.